The van der Waals surface area contributed by atoms with Crippen LogP contribution in [0.4, 0.5) is 0 Å². The number of hydrogen-bond acceptors (Lipinski definition) is 7. The zero-order chi connectivity index (χ0) is 22.2. The van der Waals surface area contributed by atoms with Crippen molar-refractivity contribution >= 4 is 17.9 Å². The summed E-state index contributed by atoms with van der Waals surface area (Å²) in [4.78, 5) is 36.3. The van der Waals surface area contributed by atoms with Crippen LogP contribution in [0.1, 0.15) is 97.8 Å². The van der Waals surface area contributed by atoms with Gasteiger partial charge in [0, 0.05) is 19.3 Å². The third-order valence-electron chi connectivity index (χ3n) is 5.12. The van der Waals surface area contributed by atoms with Crippen LogP contribution in [0.25, 0.3) is 0 Å². The summed E-state index contributed by atoms with van der Waals surface area (Å²) in [5.74, 6) is -0.952. The van der Waals surface area contributed by atoms with E-state index in [-0.39, 0.29) is 31.1 Å². The Labute approximate surface area is 181 Å². The molecule has 0 unspecified atom stereocenters. The van der Waals surface area contributed by atoms with Gasteiger partial charge in [-0.1, -0.05) is 59.3 Å². The molecule has 0 aromatic heterocycles. The zero-order valence-electron chi connectivity index (χ0n) is 19.0. The molecule has 0 N–H and O–H groups in total. The zero-order valence-corrected chi connectivity index (χ0v) is 19.0. The SMILES string of the molecule is CCCCCC(=O)OC[C@H]1OC[C@@H](OC(=O)CCCCC)[C@H]1OC(=O)CCCCC. The lowest BCUT2D eigenvalue weighted by Gasteiger charge is -2.23. The highest BCUT2D eigenvalue weighted by Gasteiger charge is 2.43. The molecule has 0 amide bonds. The third-order valence-corrected chi connectivity index (χ3v) is 5.12. The van der Waals surface area contributed by atoms with Gasteiger partial charge in [0.2, 0.25) is 0 Å². The van der Waals surface area contributed by atoms with Crippen LogP contribution in [-0.2, 0) is 33.3 Å². The summed E-state index contributed by atoms with van der Waals surface area (Å²) in [7, 11) is 0. The van der Waals surface area contributed by atoms with E-state index in [0.717, 1.165) is 57.8 Å². The van der Waals surface area contributed by atoms with Gasteiger partial charge in [0.25, 0.3) is 0 Å². The maximum Gasteiger partial charge on any atom is 0.306 e. The molecule has 1 aliphatic heterocycles. The highest BCUT2D eigenvalue weighted by atomic mass is 16.6. The molecule has 1 rings (SSSR count). The highest BCUT2D eigenvalue weighted by Crippen LogP contribution is 2.23. The maximum atomic E-state index is 12.2. The smallest absolute Gasteiger partial charge is 0.306 e. The maximum absolute atomic E-state index is 12.2. The van der Waals surface area contributed by atoms with Crippen molar-refractivity contribution in [3.05, 3.63) is 0 Å². The van der Waals surface area contributed by atoms with Gasteiger partial charge in [-0.25, -0.2) is 0 Å². The number of carbonyl (C=O) groups is 3. The number of carbonyl (C=O) groups excluding carboxylic acids is 3. The van der Waals surface area contributed by atoms with Crippen LogP contribution in [0, 0.1) is 0 Å². The van der Waals surface area contributed by atoms with Gasteiger partial charge >= 0.3 is 17.9 Å². The lowest BCUT2D eigenvalue weighted by atomic mass is 10.1. The van der Waals surface area contributed by atoms with E-state index in [1.165, 1.54) is 0 Å². The number of rotatable bonds is 16. The van der Waals surface area contributed by atoms with E-state index in [0.29, 0.717) is 19.3 Å². The van der Waals surface area contributed by atoms with Crippen molar-refractivity contribution in [1.29, 1.82) is 0 Å². The average Bonchev–Trinajstić information content (AvgIpc) is 3.08. The van der Waals surface area contributed by atoms with E-state index < -0.39 is 18.3 Å². The number of ether oxygens (including phenoxy) is 4. The molecule has 0 aromatic carbocycles. The Morgan fingerprint density at radius 1 is 0.733 bits per heavy atom. The second-order valence-corrected chi connectivity index (χ2v) is 7.91. The van der Waals surface area contributed by atoms with Crippen molar-refractivity contribution in [2.45, 2.75) is 116 Å². The first kappa shape index (κ1) is 26.4. The molecule has 0 bridgehead atoms. The summed E-state index contributed by atoms with van der Waals surface area (Å²) in [5, 5.41) is 0. The van der Waals surface area contributed by atoms with Gasteiger partial charge in [-0.3, -0.25) is 14.4 Å². The molecule has 0 spiro atoms. The van der Waals surface area contributed by atoms with Crippen LogP contribution in [-0.4, -0.2) is 49.4 Å². The molecule has 3 atom stereocenters. The molecule has 0 saturated carbocycles. The summed E-state index contributed by atoms with van der Waals surface area (Å²) in [6, 6.07) is 0. The monoisotopic (exact) mass is 428 g/mol. The van der Waals surface area contributed by atoms with Gasteiger partial charge in [-0.05, 0) is 19.3 Å². The summed E-state index contributed by atoms with van der Waals surface area (Å²) >= 11 is 0. The number of unbranched alkanes of at least 4 members (excludes halogenated alkanes) is 6. The molecule has 30 heavy (non-hydrogen) atoms. The molecule has 7 heteroatoms. The van der Waals surface area contributed by atoms with E-state index in [9.17, 15) is 14.4 Å². The molecule has 0 aliphatic carbocycles. The predicted octanol–water partition coefficient (Wildman–Crippen LogP) is 4.49. The van der Waals surface area contributed by atoms with Crippen LogP contribution in [0.3, 0.4) is 0 Å². The first-order chi connectivity index (χ1) is 14.5. The summed E-state index contributed by atoms with van der Waals surface area (Å²) in [6.07, 6.45) is 7.20. The summed E-state index contributed by atoms with van der Waals surface area (Å²) < 4.78 is 22.1. The van der Waals surface area contributed by atoms with E-state index in [4.69, 9.17) is 18.9 Å². The second-order valence-electron chi connectivity index (χ2n) is 7.91. The largest absolute Gasteiger partial charge is 0.463 e. The van der Waals surface area contributed by atoms with Crippen molar-refractivity contribution in [2.24, 2.45) is 0 Å². The molecular formula is C23H40O7. The average molecular weight is 429 g/mol. The summed E-state index contributed by atoms with van der Waals surface area (Å²) in [5.41, 5.74) is 0. The number of esters is 3. The Kier molecular flexibility index (Phi) is 14.2. The Balaban J connectivity index is 2.60. The topological polar surface area (TPSA) is 88.1 Å². The first-order valence-corrected chi connectivity index (χ1v) is 11.7. The Morgan fingerprint density at radius 2 is 1.23 bits per heavy atom. The van der Waals surface area contributed by atoms with Crippen molar-refractivity contribution in [3.8, 4) is 0 Å². The minimum atomic E-state index is -0.752. The Hall–Kier alpha value is -1.63. The molecule has 1 heterocycles. The summed E-state index contributed by atoms with van der Waals surface area (Å²) in [6.45, 7) is 6.32. The van der Waals surface area contributed by atoms with Gasteiger partial charge in [-0.15, -0.1) is 0 Å². The van der Waals surface area contributed by atoms with Crippen molar-refractivity contribution in [3.63, 3.8) is 0 Å². The second kappa shape index (κ2) is 16.1. The van der Waals surface area contributed by atoms with Gasteiger partial charge in [0.15, 0.2) is 12.2 Å². The lowest BCUT2D eigenvalue weighted by Crippen LogP contribution is -2.40. The van der Waals surface area contributed by atoms with Gasteiger partial charge in [0.05, 0.1) is 6.61 Å². The van der Waals surface area contributed by atoms with Crippen LogP contribution in [0.2, 0.25) is 0 Å². The fourth-order valence-electron chi connectivity index (χ4n) is 3.29. The van der Waals surface area contributed by atoms with Crippen molar-refractivity contribution in [2.75, 3.05) is 13.2 Å². The molecule has 0 aromatic rings. The fraction of sp³-hybridized carbons (Fsp3) is 0.870. The van der Waals surface area contributed by atoms with Gasteiger partial charge < -0.3 is 18.9 Å². The molecule has 174 valence electrons. The minimum absolute atomic E-state index is 0.0122. The Bertz CT molecular complexity index is 506. The van der Waals surface area contributed by atoms with Crippen LogP contribution >= 0.6 is 0 Å². The van der Waals surface area contributed by atoms with Crippen LogP contribution in [0.15, 0.2) is 0 Å². The molecule has 0 radical (unpaired) electrons. The quantitative estimate of drug-likeness (QED) is 0.203. The molecular weight excluding hydrogens is 388 g/mol. The molecule has 7 nitrogen and oxygen atoms in total. The molecule has 1 saturated heterocycles. The highest BCUT2D eigenvalue weighted by molar-refractivity contribution is 5.71. The fourth-order valence-corrected chi connectivity index (χ4v) is 3.29. The molecule has 1 fully saturated rings. The van der Waals surface area contributed by atoms with E-state index in [2.05, 4.69) is 20.8 Å². The van der Waals surface area contributed by atoms with E-state index in [1.54, 1.807) is 0 Å². The predicted molar refractivity (Wildman–Crippen MR) is 113 cm³/mol. The van der Waals surface area contributed by atoms with E-state index >= 15 is 0 Å². The molecule has 1 aliphatic rings. The van der Waals surface area contributed by atoms with Crippen molar-refractivity contribution < 1.29 is 33.3 Å². The Morgan fingerprint density at radius 3 is 1.77 bits per heavy atom. The lowest BCUT2D eigenvalue weighted by molar-refractivity contribution is -0.168. The number of hydrogen-bond donors (Lipinski definition) is 0. The van der Waals surface area contributed by atoms with Crippen LogP contribution < -0.4 is 0 Å². The third kappa shape index (κ3) is 11.0. The first-order valence-electron chi connectivity index (χ1n) is 11.7. The van der Waals surface area contributed by atoms with Crippen LogP contribution in [0.5, 0.6) is 0 Å². The minimum Gasteiger partial charge on any atom is -0.463 e. The van der Waals surface area contributed by atoms with Crippen molar-refractivity contribution in [1.82, 2.24) is 0 Å². The van der Waals surface area contributed by atoms with E-state index in [1.807, 2.05) is 0 Å². The van der Waals surface area contributed by atoms with Gasteiger partial charge in [0.1, 0.15) is 12.7 Å². The van der Waals surface area contributed by atoms with Gasteiger partial charge in [-0.2, -0.15) is 0 Å². The normalized spacial score (nSPS) is 20.7. The standard InChI is InChI=1S/C23H40O7/c1-4-7-10-13-20(24)28-16-18-23(30-22(26)15-12-9-6-3)19(17-27-18)29-21(25)14-11-8-5-2/h18-19,23H,4-17H2,1-3H3/t18-,19-,23+/m1/s1.